The molecule has 0 fully saturated rings. The molecule has 0 radical (unpaired) electrons. The van der Waals surface area contributed by atoms with E-state index in [1.54, 1.807) is 26.2 Å². The number of nitrogens with zero attached hydrogens (tertiary/aromatic N) is 1. The van der Waals surface area contributed by atoms with Crippen LogP contribution < -0.4 is 14.8 Å². The lowest BCUT2D eigenvalue weighted by atomic mass is 10.0. The second-order valence-corrected chi connectivity index (χ2v) is 7.59. The molecular formula is C21H34N2O4. The summed E-state index contributed by atoms with van der Waals surface area (Å²) in [7, 11) is 4.97. The molecule has 1 rings (SSSR count). The molecule has 1 N–H and O–H groups in total. The summed E-state index contributed by atoms with van der Waals surface area (Å²) >= 11 is 0. The molecule has 1 unspecified atom stereocenters. The summed E-state index contributed by atoms with van der Waals surface area (Å²) in [6.45, 7) is 8.42. The smallest absolute Gasteiger partial charge is 0.245 e. The number of rotatable bonds is 10. The summed E-state index contributed by atoms with van der Waals surface area (Å²) in [6.07, 6.45) is 1.11. The number of nitrogens with one attached hydrogen (secondary N) is 1. The number of amides is 2. The first-order valence-corrected chi connectivity index (χ1v) is 9.44. The van der Waals surface area contributed by atoms with E-state index in [4.69, 9.17) is 9.47 Å². The highest BCUT2D eigenvalue weighted by Crippen LogP contribution is 2.27. The van der Waals surface area contributed by atoms with Crippen LogP contribution in [0, 0.1) is 11.8 Å². The van der Waals surface area contributed by atoms with Crippen molar-refractivity contribution in [2.45, 2.75) is 46.6 Å². The normalized spacial score (nSPS) is 12.0. The molecule has 0 saturated carbocycles. The van der Waals surface area contributed by atoms with Crippen molar-refractivity contribution in [3.8, 4) is 11.5 Å². The molecule has 0 aliphatic rings. The van der Waals surface area contributed by atoms with Gasteiger partial charge in [0.15, 0.2) is 11.5 Å². The Morgan fingerprint density at radius 3 is 2.22 bits per heavy atom. The third-order valence-electron chi connectivity index (χ3n) is 4.40. The molecule has 152 valence electrons. The number of ether oxygens (including phenoxy) is 2. The molecule has 1 atom stereocenters. The Hall–Kier alpha value is -2.24. The Labute approximate surface area is 163 Å². The van der Waals surface area contributed by atoms with E-state index in [1.807, 2.05) is 45.9 Å². The molecule has 6 nitrogen and oxygen atoms in total. The van der Waals surface area contributed by atoms with E-state index >= 15 is 0 Å². The lowest BCUT2D eigenvalue weighted by molar-refractivity contribution is -0.136. The number of methoxy groups -OCH3 is 2. The number of hydrogen-bond donors (Lipinski definition) is 1. The Morgan fingerprint density at radius 1 is 1.07 bits per heavy atom. The first-order chi connectivity index (χ1) is 12.7. The lowest BCUT2D eigenvalue weighted by Gasteiger charge is -2.27. The molecule has 0 saturated heterocycles. The summed E-state index contributed by atoms with van der Waals surface area (Å²) in [4.78, 5) is 26.6. The van der Waals surface area contributed by atoms with Gasteiger partial charge < -0.3 is 19.7 Å². The van der Waals surface area contributed by atoms with Crippen LogP contribution in [0.1, 0.15) is 39.7 Å². The van der Waals surface area contributed by atoms with Crippen LogP contribution in [0.5, 0.6) is 11.5 Å². The zero-order chi connectivity index (χ0) is 20.6. The zero-order valence-electron chi connectivity index (χ0n) is 17.7. The minimum atomic E-state index is -0.508. The topological polar surface area (TPSA) is 67.9 Å². The van der Waals surface area contributed by atoms with Gasteiger partial charge in [-0.1, -0.05) is 33.8 Å². The molecule has 2 amide bonds. The van der Waals surface area contributed by atoms with Crippen LogP contribution in [0.15, 0.2) is 18.2 Å². The molecule has 0 aliphatic heterocycles. The summed E-state index contributed by atoms with van der Waals surface area (Å²) in [5.41, 5.74) is 1.05. The molecule has 1 aromatic carbocycles. The van der Waals surface area contributed by atoms with Gasteiger partial charge in [-0.25, -0.2) is 0 Å². The van der Waals surface area contributed by atoms with Crippen molar-refractivity contribution < 1.29 is 19.1 Å². The second kappa shape index (κ2) is 10.8. The maximum atomic E-state index is 12.8. The van der Waals surface area contributed by atoms with Gasteiger partial charge in [0, 0.05) is 20.0 Å². The molecule has 27 heavy (non-hydrogen) atoms. The third-order valence-corrected chi connectivity index (χ3v) is 4.40. The van der Waals surface area contributed by atoms with E-state index in [0.29, 0.717) is 30.9 Å². The van der Waals surface area contributed by atoms with E-state index < -0.39 is 6.04 Å². The Kier molecular flexibility index (Phi) is 9.12. The summed E-state index contributed by atoms with van der Waals surface area (Å²) in [6, 6.07) is 5.23. The average Bonchev–Trinajstić information content (AvgIpc) is 2.62. The van der Waals surface area contributed by atoms with Gasteiger partial charge in [0.1, 0.15) is 6.04 Å². The van der Waals surface area contributed by atoms with Gasteiger partial charge in [-0.05, 0) is 36.0 Å². The van der Waals surface area contributed by atoms with Crippen molar-refractivity contribution in [3.63, 3.8) is 0 Å². The molecule has 1 aromatic rings. The molecule has 0 bridgehead atoms. The van der Waals surface area contributed by atoms with Crippen molar-refractivity contribution in [1.82, 2.24) is 10.2 Å². The predicted octanol–water partition coefficient (Wildman–Crippen LogP) is 2.89. The lowest BCUT2D eigenvalue weighted by Crippen LogP contribution is -2.50. The number of benzene rings is 1. The molecular weight excluding hydrogens is 344 g/mol. The van der Waals surface area contributed by atoms with Crippen LogP contribution in [-0.4, -0.2) is 50.6 Å². The van der Waals surface area contributed by atoms with E-state index in [-0.39, 0.29) is 23.7 Å². The van der Waals surface area contributed by atoms with Gasteiger partial charge in [0.05, 0.1) is 14.2 Å². The van der Waals surface area contributed by atoms with Crippen LogP contribution in [0.3, 0.4) is 0 Å². The fraction of sp³-hybridized carbons (Fsp3) is 0.619. The zero-order valence-corrected chi connectivity index (χ0v) is 17.7. The van der Waals surface area contributed by atoms with E-state index in [2.05, 4.69) is 5.32 Å². The maximum Gasteiger partial charge on any atom is 0.245 e. The maximum absolute atomic E-state index is 12.8. The van der Waals surface area contributed by atoms with Crippen LogP contribution in [-0.2, 0) is 16.0 Å². The van der Waals surface area contributed by atoms with Gasteiger partial charge >= 0.3 is 0 Å². The highest BCUT2D eigenvalue weighted by atomic mass is 16.5. The monoisotopic (exact) mass is 378 g/mol. The third kappa shape index (κ3) is 7.12. The van der Waals surface area contributed by atoms with Crippen LogP contribution >= 0.6 is 0 Å². The highest BCUT2D eigenvalue weighted by Gasteiger charge is 2.27. The summed E-state index contributed by atoms with van der Waals surface area (Å²) in [5.74, 6) is 1.49. The fourth-order valence-electron chi connectivity index (χ4n) is 2.80. The number of carbonyl (C=O) groups excluding carboxylic acids is 2. The minimum Gasteiger partial charge on any atom is -0.493 e. The Bertz CT molecular complexity index is 629. The van der Waals surface area contributed by atoms with Gasteiger partial charge in [-0.2, -0.15) is 0 Å². The van der Waals surface area contributed by atoms with E-state index in [1.165, 1.54) is 0 Å². The summed E-state index contributed by atoms with van der Waals surface area (Å²) < 4.78 is 10.6. The first-order valence-electron chi connectivity index (χ1n) is 9.44. The summed E-state index contributed by atoms with van der Waals surface area (Å²) in [5, 5.41) is 2.89. The van der Waals surface area contributed by atoms with Gasteiger partial charge in [-0.3, -0.25) is 9.59 Å². The van der Waals surface area contributed by atoms with Gasteiger partial charge in [0.25, 0.3) is 0 Å². The largest absolute Gasteiger partial charge is 0.493 e. The number of hydrogen-bond acceptors (Lipinski definition) is 4. The molecule has 0 heterocycles. The van der Waals surface area contributed by atoms with E-state index in [9.17, 15) is 9.59 Å². The Morgan fingerprint density at radius 2 is 1.70 bits per heavy atom. The van der Waals surface area contributed by atoms with Crippen LogP contribution in [0.2, 0.25) is 0 Å². The van der Waals surface area contributed by atoms with E-state index in [0.717, 1.165) is 5.56 Å². The fourth-order valence-corrected chi connectivity index (χ4v) is 2.80. The van der Waals surface area contributed by atoms with Crippen molar-refractivity contribution >= 4 is 11.8 Å². The van der Waals surface area contributed by atoms with Crippen LogP contribution in [0.25, 0.3) is 0 Å². The standard InChI is InChI=1S/C21H34N2O4/c1-14(2)12-19(24)22-20(15(3)4)21(25)23(5)11-10-16-8-9-17(26-6)18(13-16)27-7/h8-9,13-15,20H,10-12H2,1-7H3,(H,22,24). The van der Waals surface area contributed by atoms with Crippen molar-refractivity contribution in [3.05, 3.63) is 23.8 Å². The SMILES string of the molecule is COc1ccc(CCN(C)C(=O)C(NC(=O)CC(C)C)C(C)C)cc1OC. The predicted molar refractivity (Wildman–Crippen MR) is 107 cm³/mol. The van der Waals surface area contributed by atoms with Crippen molar-refractivity contribution in [2.75, 3.05) is 27.8 Å². The van der Waals surface area contributed by atoms with Crippen molar-refractivity contribution in [1.29, 1.82) is 0 Å². The highest BCUT2D eigenvalue weighted by molar-refractivity contribution is 5.87. The average molecular weight is 379 g/mol. The van der Waals surface area contributed by atoms with Gasteiger partial charge in [0.2, 0.25) is 11.8 Å². The van der Waals surface area contributed by atoms with Gasteiger partial charge in [-0.15, -0.1) is 0 Å². The first kappa shape index (κ1) is 22.8. The quantitative estimate of drug-likeness (QED) is 0.680. The molecule has 0 aliphatic carbocycles. The minimum absolute atomic E-state index is 0.0251. The Balaban J connectivity index is 2.72. The van der Waals surface area contributed by atoms with Crippen molar-refractivity contribution in [2.24, 2.45) is 11.8 Å². The van der Waals surface area contributed by atoms with Crippen LogP contribution in [0.4, 0.5) is 0 Å². The molecule has 0 spiro atoms. The number of likely N-dealkylation sites (N-methyl/N-ethyl adjacent to an activating group) is 1. The number of carbonyl (C=O) groups is 2. The molecule has 6 heteroatoms. The second-order valence-electron chi connectivity index (χ2n) is 7.59. The molecule has 0 aromatic heterocycles.